The summed E-state index contributed by atoms with van der Waals surface area (Å²) in [5.41, 5.74) is 0.836. The van der Waals surface area contributed by atoms with Crippen LogP contribution in [0.15, 0.2) is 29.2 Å². The topological polar surface area (TPSA) is 41.6 Å². The maximum absolute atomic E-state index is 12.1. The van der Waals surface area contributed by atoms with Gasteiger partial charge in [0.15, 0.2) is 0 Å². The lowest BCUT2D eigenvalue weighted by Crippen LogP contribution is -2.47. The van der Waals surface area contributed by atoms with Crippen molar-refractivity contribution in [3.63, 3.8) is 0 Å². The summed E-state index contributed by atoms with van der Waals surface area (Å²) < 4.78 is 5.56. The summed E-state index contributed by atoms with van der Waals surface area (Å²) in [5, 5.41) is 2.93. The number of nitrogens with one attached hydrogen (secondary N) is 1. The second kappa shape index (κ2) is 6.82. The zero-order valence-corrected chi connectivity index (χ0v) is 12.2. The monoisotopic (exact) mass is 280 g/mol. The highest BCUT2D eigenvalue weighted by molar-refractivity contribution is 7.98. The highest BCUT2D eigenvalue weighted by atomic mass is 32.2. The normalized spacial score (nSPS) is 19.3. The molecule has 19 heavy (non-hydrogen) atoms. The molecule has 0 unspecified atom stereocenters. The van der Waals surface area contributed by atoms with Gasteiger partial charge in [0, 0.05) is 23.7 Å². The van der Waals surface area contributed by atoms with Gasteiger partial charge in [0.1, 0.15) is 0 Å². The number of carbonyl (C=O) groups is 1. The highest BCUT2D eigenvalue weighted by Gasteiger charge is 2.22. The molecule has 1 atom stereocenters. The van der Waals surface area contributed by atoms with E-state index in [1.165, 1.54) is 4.90 Å². The molecule has 1 fully saturated rings. The van der Waals surface area contributed by atoms with Crippen LogP contribution in [0, 0.1) is 0 Å². The van der Waals surface area contributed by atoms with Gasteiger partial charge in [-0.05, 0) is 36.9 Å². The lowest BCUT2D eigenvalue weighted by atomic mass is 10.2. The molecule has 104 valence electrons. The molecule has 0 aliphatic carbocycles. The van der Waals surface area contributed by atoms with Gasteiger partial charge >= 0.3 is 6.03 Å². The van der Waals surface area contributed by atoms with E-state index in [0.717, 1.165) is 12.1 Å². The second-order valence-electron chi connectivity index (χ2n) is 4.51. The molecule has 1 aromatic carbocycles. The Morgan fingerprint density at radius 3 is 2.84 bits per heavy atom. The molecule has 1 heterocycles. The van der Waals surface area contributed by atoms with Crippen LogP contribution in [0.3, 0.4) is 0 Å². The largest absolute Gasteiger partial charge is 0.375 e. The minimum absolute atomic E-state index is 0.0429. The Labute approximate surface area is 118 Å². The van der Waals surface area contributed by atoms with E-state index >= 15 is 0 Å². The quantitative estimate of drug-likeness (QED) is 0.865. The Balaban J connectivity index is 1.92. The van der Waals surface area contributed by atoms with Gasteiger partial charge in [-0.1, -0.05) is 6.92 Å². The summed E-state index contributed by atoms with van der Waals surface area (Å²) in [4.78, 5) is 15.1. The first kappa shape index (κ1) is 14.2. The number of benzene rings is 1. The molecule has 1 N–H and O–H groups in total. The number of ether oxygens (including phenoxy) is 1. The number of rotatable bonds is 3. The van der Waals surface area contributed by atoms with Crippen LogP contribution in [-0.2, 0) is 4.74 Å². The van der Waals surface area contributed by atoms with Gasteiger partial charge in [0.05, 0.1) is 12.7 Å². The van der Waals surface area contributed by atoms with Crippen molar-refractivity contribution >= 4 is 23.5 Å². The van der Waals surface area contributed by atoms with Crippen molar-refractivity contribution in [3.05, 3.63) is 24.3 Å². The zero-order valence-electron chi connectivity index (χ0n) is 11.4. The van der Waals surface area contributed by atoms with E-state index < -0.39 is 0 Å². The van der Waals surface area contributed by atoms with Gasteiger partial charge in [-0.3, -0.25) is 0 Å². The van der Waals surface area contributed by atoms with Crippen LogP contribution in [0.4, 0.5) is 10.5 Å². The van der Waals surface area contributed by atoms with Crippen molar-refractivity contribution in [1.29, 1.82) is 0 Å². The van der Waals surface area contributed by atoms with Gasteiger partial charge < -0.3 is 15.0 Å². The molecule has 2 rings (SSSR count). The number of carbonyl (C=O) groups excluding carboxylic acids is 1. The van der Waals surface area contributed by atoms with Crippen LogP contribution < -0.4 is 5.32 Å². The van der Waals surface area contributed by atoms with E-state index in [0.29, 0.717) is 19.7 Å². The summed E-state index contributed by atoms with van der Waals surface area (Å²) in [5.74, 6) is 0. The lowest BCUT2D eigenvalue weighted by Gasteiger charge is -2.32. The third kappa shape index (κ3) is 3.88. The molecule has 0 radical (unpaired) electrons. The molecular weight excluding hydrogens is 260 g/mol. The average Bonchev–Trinajstić information content (AvgIpc) is 2.48. The molecule has 1 aromatic rings. The minimum atomic E-state index is -0.0429. The molecule has 0 aromatic heterocycles. The third-order valence-electron chi connectivity index (χ3n) is 3.22. The van der Waals surface area contributed by atoms with Gasteiger partial charge in [-0.2, -0.15) is 0 Å². The standard InChI is InChI=1S/C14H20N2O2S/c1-3-12-10-16(8-9-18-12)14(17)15-11-4-6-13(19-2)7-5-11/h4-7,12H,3,8-10H2,1-2H3,(H,15,17)/t12-/m0/s1. The summed E-state index contributed by atoms with van der Waals surface area (Å²) >= 11 is 1.69. The van der Waals surface area contributed by atoms with E-state index in [-0.39, 0.29) is 12.1 Å². The van der Waals surface area contributed by atoms with E-state index in [4.69, 9.17) is 4.74 Å². The van der Waals surface area contributed by atoms with Gasteiger partial charge in [-0.25, -0.2) is 4.79 Å². The van der Waals surface area contributed by atoms with Crippen LogP contribution in [0.2, 0.25) is 0 Å². The minimum Gasteiger partial charge on any atom is -0.375 e. The van der Waals surface area contributed by atoms with Gasteiger partial charge in [0.25, 0.3) is 0 Å². The number of thioether (sulfide) groups is 1. The van der Waals surface area contributed by atoms with Crippen molar-refractivity contribution in [2.45, 2.75) is 24.3 Å². The predicted octanol–water partition coefficient (Wildman–Crippen LogP) is 3.05. The van der Waals surface area contributed by atoms with Crippen LogP contribution in [0.5, 0.6) is 0 Å². The number of amides is 2. The van der Waals surface area contributed by atoms with Crippen LogP contribution in [0.1, 0.15) is 13.3 Å². The molecule has 2 amide bonds. The molecule has 0 saturated carbocycles. The van der Waals surface area contributed by atoms with Crippen molar-refractivity contribution in [3.8, 4) is 0 Å². The van der Waals surface area contributed by atoms with E-state index in [9.17, 15) is 4.79 Å². The molecule has 5 heteroatoms. The average molecular weight is 280 g/mol. The highest BCUT2D eigenvalue weighted by Crippen LogP contribution is 2.18. The first-order valence-electron chi connectivity index (χ1n) is 6.54. The Hall–Kier alpha value is -1.20. The molecule has 0 bridgehead atoms. The van der Waals surface area contributed by atoms with Crippen molar-refractivity contribution in [2.24, 2.45) is 0 Å². The van der Waals surface area contributed by atoms with Crippen LogP contribution in [0.25, 0.3) is 0 Å². The fourth-order valence-electron chi connectivity index (χ4n) is 2.03. The molecule has 1 saturated heterocycles. The maximum Gasteiger partial charge on any atom is 0.322 e. The molecule has 1 aliphatic rings. The smallest absolute Gasteiger partial charge is 0.322 e. The lowest BCUT2D eigenvalue weighted by molar-refractivity contribution is -0.0134. The zero-order chi connectivity index (χ0) is 13.7. The number of nitrogens with zero attached hydrogens (tertiary/aromatic N) is 1. The van der Waals surface area contributed by atoms with Crippen molar-refractivity contribution < 1.29 is 9.53 Å². The second-order valence-corrected chi connectivity index (χ2v) is 5.39. The van der Waals surface area contributed by atoms with Crippen LogP contribution in [-0.4, -0.2) is 43.0 Å². The first-order valence-corrected chi connectivity index (χ1v) is 7.77. The summed E-state index contributed by atoms with van der Waals surface area (Å²) in [6.45, 7) is 4.03. The first-order chi connectivity index (χ1) is 9.22. The number of hydrogen-bond acceptors (Lipinski definition) is 3. The Bertz CT molecular complexity index is 422. The number of hydrogen-bond donors (Lipinski definition) is 1. The molecule has 0 spiro atoms. The molecule has 1 aliphatic heterocycles. The summed E-state index contributed by atoms with van der Waals surface area (Å²) in [6.07, 6.45) is 3.14. The Morgan fingerprint density at radius 2 is 2.21 bits per heavy atom. The number of morpholine rings is 1. The molecule has 4 nitrogen and oxygen atoms in total. The number of anilines is 1. The number of urea groups is 1. The van der Waals surface area contributed by atoms with E-state index in [2.05, 4.69) is 12.2 Å². The van der Waals surface area contributed by atoms with Gasteiger partial charge in [-0.15, -0.1) is 11.8 Å². The van der Waals surface area contributed by atoms with Gasteiger partial charge in [0.2, 0.25) is 0 Å². The van der Waals surface area contributed by atoms with Crippen molar-refractivity contribution in [2.75, 3.05) is 31.3 Å². The predicted molar refractivity (Wildman–Crippen MR) is 78.8 cm³/mol. The fourth-order valence-corrected chi connectivity index (χ4v) is 2.44. The summed E-state index contributed by atoms with van der Waals surface area (Å²) in [6, 6.07) is 7.84. The SMILES string of the molecule is CC[C@H]1CN(C(=O)Nc2ccc(SC)cc2)CCO1. The van der Waals surface area contributed by atoms with E-state index in [1.807, 2.05) is 35.4 Å². The Morgan fingerprint density at radius 1 is 1.47 bits per heavy atom. The van der Waals surface area contributed by atoms with E-state index in [1.54, 1.807) is 11.8 Å². The maximum atomic E-state index is 12.1. The fraction of sp³-hybridized carbons (Fsp3) is 0.500. The third-order valence-corrected chi connectivity index (χ3v) is 3.97. The Kier molecular flexibility index (Phi) is 5.10. The molecular formula is C14H20N2O2S. The summed E-state index contributed by atoms with van der Waals surface area (Å²) in [7, 11) is 0. The van der Waals surface area contributed by atoms with Crippen LogP contribution >= 0.6 is 11.8 Å². The van der Waals surface area contributed by atoms with Crippen molar-refractivity contribution in [1.82, 2.24) is 4.90 Å².